The van der Waals surface area contributed by atoms with Gasteiger partial charge in [0.2, 0.25) is 5.91 Å². The van der Waals surface area contributed by atoms with Gasteiger partial charge in [0.05, 0.1) is 11.8 Å². The highest BCUT2D eigenvalue weighted by atomic mass is 16.5. The Morgan fingerprint density at radius 2 is 2.05 bits per heavy atom. The van der Waals surface area contributed by atoms with Gasteiger partial charge in [0.25, 0.3) is 0 Å². The number of aryl methyl sites for hydroxylation is 1. The van der Waals surface area contributed by atoms with E-state index in [1.54, 1.807) is 13.2 Å². The van der Waals surface area contributed by atoms with Crippen molar-refractivity contribution < 1.29 is 14.3 Å². The molecule has 0 bridgehead atoms. The second-order valence-electron chi connectivity index (χ2n) is 4.69. The van der Waals surface area contributed by atoms with Gasteiger partial charge in [-0.15, -0.1) is 0 Å². The Balaban J connectivity index is 2.74. The van der Waals surface area contributed by atoms with Crippen LogP contribution in [0, 0.1) is 6.92 Å². The van der Waals surface area contributed by atoms with E-state index >= 15 is 0 Å². The Labute approximate surface area is 114 Å². The molecule has 1 atom stereocenters. The van der Waals surface area contributed by atoms with Crippen LogP contribution >= 0.6 is 0 Å². The molecular formula is C15H21NO3. The van der Waals surface area contributed by atoms with Gasteiger partial charge in [0, 0.05) is 19.1 Å². The summed E-state index contributed by atoms with van der Waals surface area (Å²) in [7, 11) is 1.62. The second-order valence-corrected chi connectivity index (χ2v) is 4.69. The smallest absolute Gasteiger partial charge is 0.224 e. The molecule has 0 spiro atoms. The van der Waals surface area contributed by atoms with Crippen LogP contribution in [0.15, 0.2) is 18.2 Å². The summed E-state index contributed by atoms with van der Waals surface area (Å²) in [5, 5.41) is 2.80. The third-order valence-electron chi connectivity index (χ3n) is 3.08. The minimum absolute atomic E-state index is 0.0429. The molecular weight excluding hydrogens is 242 g/mol. The number of rotatable bonds is 6. The van der Waals surface area contributed by atoms with Gasteiger partial charge in [-0.3, -0.25) is 9.59 Å². The van der Waals surface area contributed by atoms with Crippen LogP contribution in [0.3, 0.4) is 0 Å². The van der Waals surface area contributed by atoms with Gasteiger partial charge in [-0.05, 0) is 38.8 Å². The maximum Gasteiger partial charge on any atom is 0.224 e. The van der Waals surface area contributed by atoms with Crippen LogP contribution < -0.4 is 5.32 Å². The van der Waals surface area contributed by atoms with Crippen LogP contribution in [0.4, 0.5) is 5.69 Å². The zero-order valence-electron chi connectivity index (χ0n) is 11.9. The minimum atomic E-state index is -0.1000. The van der Waals surface area contributed by atoms with E-state index in [1.165, 1.54) is 6.92 Å². The van der Waals surface area contributed by atoms with Gasteiger partial charge in [0.1, 0.15) is 0 Å². The molecule has 0 aliphatic carbocycles. The number of ether oxygens (including phenoxy) is 1. The minimum Gasteiger partial charge on any atom is -0.382 e. The molecule has 0 aromatic heterocycles. The molecule has 0 fully saturated rings. The van der Waals surface area contributed by atoms with Gasteiger partial charge in [-0.25, -0.2) is 0 Å². The van der Waals surface area contributed by atoms with Crippen molar-refractivity contribution >= 4 is 17.4 Å². The van der Waals surface area contributed by atoms with Crippen LogP contribution in [0.5, 0.6) is 0 Å². The fourth-order valence-corrected chi connectivity index (χ4v) is 1.90. The summed E-state index contributed by atoms with van der Waals surface area (Å²) < 4.78 is 5.10. The van der Waals surface area contributed by atoms with Crippen molar-refractivity contribution in [3.8, 4) is 0 Å². The largest absolute Gasteiger partial charge is 0.382 e. The predicted octanol–water partition coefficient (Wildman–Crippen LogP) is 2.95. The molecule has 4 heteroatoms. The fourth-order valence-electron chi connectivity index (χ4n) is 1.90. The van der Waals surface area contributed by atoms with E-state index in [1.807, 2.05) is 26.0 Å². The van der Waals surface area contributed by atoms with Gasteiger partial charge >= 0.3 is 0 Å². The first-order valence-corrected chi connectivity index (χ1v) is 6.39. The van der Waals surface area contributed by atoms with Gasteiger partial charge in [-0.2, -0.15) is 0 Å². The second kappa shape index (κ2) is 7.04. The number of carbonyl (C=O) groups excluding carboxylic acids is 2. The number of nitrogens with one attached hydrogen (secondary N) is 1. The van der Waals surface area contributed by atoms with Crippen molar-refractivity contribution in [3.63, 3.8) is 0 Å². The van der Waals surface area contributed by atoms with Crippen molar-refractivity contribution in [1.82, 2.24) is 0 Å². The first kappa shape index (κ1) is 15.4. The molecule has 1 unspecified atom stereocenters. The van der Waals surface area contributed by atoms with E-state index in [4.69, 9.17) is 4.74 Å². The highest BCUT2D eigenvalue weighted by Gasteiger charge is 2.13. The summed E-state index contributed by atoms with van der Waals surface area (Å²) in [5.41, 5.74) is 2.04. The summed E-state index contributed by atoms with van der Waals surface area (Å²) in [4.78, 5) is 23.5. The lowest BCUT2D eigenvalue weighted by atomic mass is 10.0. The predicted molar refractivity (Wildman–Crippen MR) is 75.5 cm³/mol. The highest BCUT2D eigenvalue weighted by molar-refractivity contribution is 6.04. The zero-order valence-corrected chi connectivity index (χ0v) is 11.9. The number of Topliss-reactive ketones (excluding diaryl/α,β-unsaturated/α-hetero) is 1. The van der Waals surface area contributed by atoms with Crippen molar-refractivity contribution in [2.75, 3.05) is 12.4 Å². The van der Waals surface area contributed by atoms with Crippen LogP contribution in [0.25, 0.3) is 0 Å². The highest BCUT2D eigenvalue weighted by Crippen LogP contribution is 2.20. The third-order valence-corrected chi connectivity index (χ3v) is 3.08. The van der Waals surface area contributed by atoms with Gasteiger partial charge < -0.3 is 10.1 Å². The van der Waals surface area contributed by atoms with E-state index in [-0.39, 0.29) is 17.8 Å². The Bertz CT molecular complexity index is 468. The number of hydrogen-bond donors (Lipinski definition) is 1. The lowest BCUT2D eigenvalue weighted by Gasteiger charge is -2.12. The Kier molecular flexibility index (Phi) is 5.70. The molecule has 0 saturated carbocycles. The number of amides is 1. The van der Waals surface area contributed by atoms with Crippen molar-refractivity contribution in [2.45, 2.75) is 39.7 Å². The molecule has 0 radical (unpaired) electrons. The lowest BCUT2D eigenvalue weighted by Crippen LogP contribution is -2.17. The van der Waals surface area contributed by atoms with Gasteiger partial charge in [-0.1, -0.05) is 12.1 Å². The monoisotopic (exact) mass is 263 g/mol. The third kappa shape index (κ3) is 4.48. The summed E-state index contributed by atoms with van der Waals surface area (Å²) in [6.45, 7) is 5.28. The molecule has 104 valence electrons. The van der Waals surface area contributed by atoms with E-state index in [0.29, 0.717) is 24.1 Å². The van der Waals surface area contributed by atoms with Crippen LogP contribution in [0.2, 0.25) is 0 Å². The number of carbonyl (C=O) groups is 2. The molecule has 1 rings (SSSR count). The quantitative estimate of drug-likeness (QED) is 0.803. The molecule has 0 aliphatic rings. The van der Waals surface area contributed by atoms with Crippen molar-refractivity contribution in [2.24, 2.45) is 0 Å². The fraction of sp³-hybridized carbons (Fsp3) is 0.467. The Morgan fingerprint density at radius 1 is 1.37 bits per heavy atom. The topological polar surface area (TPSA) is 55.4 Å². The average Bonchev–Trinajstić information content (AvgIpc) is 2.35. The summed E-state index contributed by atoms with van der Waals surface area (Å²) in [5.74, 6) is -0.143. The molecule has 19 heavy (non-hydrogen) atoms. The Hall–Kier alpha value is -1.68. The lowest BCUT2D eigenvalue weighted by molar-refractivity contribution is -0.116. The molecule has 1 amide bonds. The van der Waals surface area contributed by atoms with Crippen molar-refractivity contribution in [1.29, 1.82) is 0 Å². The standard InChI is InChI=1S/C15H21NO3/c1-10-6-5-7-13(15(10)12(3)17)16-14(18)9-8-11(2)19-4/h5-7,11H,8-9H2,1-4H3,(H,16,18). The number of anilines is 1. The maximum atomic E-state index is 11.8. The van der Waals surface area contributed by atoms with Crippen LogP contribution in [-0.4, -0.2) is 24.9 Å². The summed E-state index contributed by atoms with van der Waals surface area (Å²) in [6, 6.07) is 5.44. The molecule has 4 nitrogen and oxygen atoms in total. The Morgan fingerprint density at radius 3 is 2.63 bits per heavy atom. The molecule has 0 heterocycles. The molecule has 0 saturated heterocycles. The SMILES string of the molecule is COC(C)CCC(=O)Nc1cccc(C)c1C(C)=O. The molecule has 0 aliphatic heterocycles. The molecule has 1 aromatic carbocycles. The zero-order chi connectivity index (χ0) is 14.4. The normalized spacial score (nSPS) is 12.0. The number of benzene rings is 1. The number of methoxy groups -OCH3 is 1. The van der Waals surface area contributed by atoms with E-state index in [0.717, 1.165) is 5.56 Å². The van der Waals surface area contributed by atoms with Gasteiger partial charge in [0.15, 0.2) is 5.78 Å². The average molecular weight is 263 g/mol. The molecule has 1 N–H and O–H groups in total. The van der Waals surface area contributed by atoms with E-state index < -0.39 is 0 Å². The molecule has 1 aromatic rings. The summed E-state index contributed by atoms with van der Waals surface area (Å²) in [6.07, 6.45) is 1.08. The first-order valence-electron chi connectivity index (χ1n) is 6.39. The van der Waals surface area contributed by atoms with E-state index in [9.17, 15) is 9.59 Å². The maximum absolute atomic E-state index is 11.8. The van der Waals surface area contributed by atoms with E-state index in [2.05, 4.69) is 5.32 Å². The first-order chi connectivity index (χ1) is 8.95. The van der Waals surface area contributed by atoms with Crippen molar-refractivity contribution in [3.05, 3.63) is 29.3 Å². The summed E-state index contributed by atoms with van der Waals surface area (Å²) >= 11 is 0. The number of hydrogen-bond acceptors (Lipinski definition) is 3. The van der Waals surface area contributed by atoms with Crippen LogP contribution in [0.1, 0.15) is 42.6 Å². The van der Waals surface area contributed by atoms with Crippen LogP contribution in [-0.2, 0) is 9.53 Å². The number of ketones is 1.